The number of aromatic nitrogens is 2. The van der Waals surface area contributed by atoms with E-state index in [0.717, 1.165) is 20.9 Å². The summed E-state index contributed by atoms with van der Waals surface area (Å²) in [5.74, 6) is -0.951. The summed E-state index contributed by atoms with van der Waals surface area (Å²) in [7, 11) is 3.01. The summed E-state index contributed by atoms with van der Waals surface area (Å²) >= 11 is 0. The van der Waals surface area contributed by atoms with Crippen molar-refractivity contribution in [1.82, 2.24) is 40.2 Å². The fraction of sp³-hybridized carbons (Fsp3) is 0.358. The normalized spacial score (nSPS) is 21.1. The summed E-state index contributed by atoms with van der Waals surface area (Å²) in [4.78, 5) is 118. The molecule has 0 radical (unpaired) electrons. The number of nitrogens with zero attached hydrogens (tertiary/aromatic N) is 6. The van der Waals surface area contributed by atoms with Gasteiger partial charge in [-0.05, 0) is 59.7 Å². The number of hydrogen-bond acceptors (Lipinski definition) is 21. The SMILES string of the molecule is COc1ccc2c(c1)C(=O)N(C[C@@]1(c3cc4cnccc4o3)NC(=O)N(COC(=O)OC3CCOCC3)C1=O)C2.COc1ccc2c(c1)C(=O)N(C[C@@]1(c3cc4cnccc4o3)NC(=O)N(COC(=O)OC3COCOC3)C1=O)C2. The van der Waals surface area contributed by atoms with Gasteiger partial charge in [-0.3, -0.25) is 29.1 Å². The Morgan fingerprint density at radius 1 is 0.613 bits per heavy atom. The highest BCUT2D eigenvalue weighted by Gasteiger charge is 2.59. The van der Waals surface area contributed by atoms with Crippen molar-refractivity contribution < 1.29 is 89.8 Å². The van der Waals surface area contributed by atoms with Crippen molar-refractivity contribution >= 4 is 69.9 Å². The second-order valence-electron chi connectivity index (χ2n) is 19.1. The van der Waals surface area contributed by atoms with Gasteiger partial charge in [0.1, 0.15) is 47.1 Å². The topological polar surface area (TPSA) is 309 Å². The fourth-order valence-electron chi connectivity index (χ4n) is 10.0. The number of pyridine rings is 2. The number of carbonyl (C=O) groups excluding carboxylic acids is 8. The van der Waals surface area contributed by atoms with Crippen molar-refractivity contribution in [2.45, 2.75) is 49.2 Å². The maximum absolute atomic E-state index is 13.9. The van der Waals surface area contributed by atoms with E-state index >= 15 is 0 Å². The molecule has 2 N–H and O–H groups in total. The van der Waals surface area contributed by atoms with E-state index in [1.54, 1.807) is 73.1 Å². The average Bonchev–Trinajstić information content (AvgIpc) is 4.48. The first-order valence-corrected chi connectivity index (χ1v) is 25.0. The quantitative estimate of drug-likeness (QED) is 0.114. The maximum atomic E-state index is 13.9. The van der Waals surface area contributed by atoms with E-state index in [9.17, 15) is 38.4 Å². The summed E-state index contributed by atoms with van der Waals surface area (Å²) < 4.78 is 58.4. The van der Waals surface area contributed by atoms with Crippen LogP contribution < -0.4 is 20.1 Å². The van der Waals surface area contributed by atoms with Gasteiger partial charge >= 0.3 is 24.4 Å². The van der Waals surface area contributed by atoms with Crippen LogP contribution in [0.3, 0.4) is 0 Å². The highest BCUT2D eigenvalue weighted by molar-refractivity contribution is 6.09. The van der Waals surface area contributed by atoms with Crippen LogP contribution in [0.1, 0.15) is 56.2 Å². The number of imide groups is 2. The zero-order valence-electron chi connectivity index (χ0n) is 42.9. The van der Waals surface area contributed by atoms with Crippen LogP contribution in [0, 0.1) is 0 Å². The molecule has 416 valence electrons. The minimum absolute atomic E-state index is 0.0927. The van der Waals surface area contributed by atoms with Crippen LogP contribution in [0.5, 0.6) is 11.5 Å². The lowest BCUT2D eigenvalue weighted by Gasteiger charge is -2.29. The van der Waals surface area contributed by atoms with Crippen molar-refractivity contribution in [3.05, 3.63) is 119 Å². The third-order valence-electron chi connectivity index (χ3n) is 14.2. The second-order valence-corrected chi connectivity index (χ2v) is 19.1. The van der Waals surface area contributed by atoms with Crippen molar-refractivity contribution in [1.29, 1.82) is 0 Å². The van der Waals surface area contributed by atoms with Crippen LogP contribution in [0.15, 0.2) is 94.3 Å². The smallest absolute Gasteiger partial charge is 0.497 e. The van der Waals surface area contributed by atoms with Crippen LogP contribution in [0.4, 0.5) is 19.2 Å². The molecule has 2 aromatic carbocycles. The molecule has 0 unspecified atom stereocenters. The highest BCUT2D eigenvalue weighted by atomic mass is 16.8. The first-order valence-electron chi connectivity index (χ1n) is 25.0. The minimum Gasteiger partial charge on any atom is -0.497 e. The molecule has 2 atom stereocenters. The molecule has 4 fully saturated rings. The van der Waals surface area contributed by atoms with Crippen LogP contribution in [0.2, 0.25) is 0 Å². The Hall–Kier alpha value is -9.34. The Kier molecular flexibility index (Phi) is 14.4. The highest BCUT2D eigenvalue weighted by Crippen LogP contribution is 2.39. The van der Waals surface area contributed by atoms with Gasteiger partial charge in [0, 0.05) is 72.6 Å². The molecule has 8 amide bonds. The predicted molar refractivity (Wildman–Crippen MR) is 267 cm³/mol. The monoisotopic (exact) mass is 1100 g/mol. The lowest BCUT2D eigenvalue weighted by atomic mass is 9.95. The average molecular weight is 1100 g/mol. The predicted octanol–water partition coefficient (Wildman–Crippen LogP) is 4.25. The van der Waals surface area contributed by atoms with Crippen molar-refractivity contribution in [3.63, 3.8) is 0 Å². The van der Waals surface area contributed by atoms with E-state index < -0.39 is 66.8 Å². The molecule has 12 rings (SSSR count). The number of amides is 8. The van der Waals surface area contributed by atoms with Crippen LogP contribution >= 0.6 is 0 Å². The van der Waals surface area contributed by atoms with Crippen molar-refractivity contribution in [2.24, 2.45) is 0 Å². The zero-order valence-corrected chi connectivity index (χ0v) is 42.9. The molecular formula is C53H50N8O19. The van der Waals surface area contributed by atoms with Crippen LogP contribution in [0.25, 0.3) is 21.9 Å². The minimum atomic E-state index is -1.81. The standard InChI is InChI=1S/C27H26N4O9.C26H24N4O10/c1-36-19-3-2-16-13-30(23(32)20(16)11-19)14-27(22-10-17-12-28-7-4-21(17)40-22)24(33)31(25(34)29-27)15-38-26(35)39-18-5-8-37-9-6-18;1-35-17-3-2-15-9-29(22(31)19(15)7-17)12-26(21-6-16-8-27-5-4-20(16)40-21)23(32)30(24(33)28-26)13-38-25(34)39-18-10-36-14-37-11-18/h2-4,7,10-12,18H,5-6,8-9,13-15H2,1H3,(H,29,34);2-8,18H,9-14H2,1H3,(H,28,33)/t27-;26-/m00/s1. The van der Waals surface area contributed by atoms with E-state index in [1.165, 1.54) is 36.4 Å². The Morgan fingerprint density at radius 3 is 1.52 bits per heavy atom. The number of carbonyl (C=O) groups is 8. The Balaban J connectivity index is 0.000000169. The van der Waals surface area contributed by atoms with Gasteiger partial charge in [0.15, 0.2) is 30.6 Å². The van der Waals surface area contributed by atoms with Gasteiger partial charge in [0.05, 0.1) is 53.7 Å². The summed E-state index contributed by atoms with van der Waals surface area (Å²) in [6.45, 7) is -0.219. The zero-order chi connectivity index (χ0) is 55.7. The third-order valence-corrected chi connectivity index (χ3v) is 14.2. The van der Waals surface area contributed by atoms with Gasteiger partial charge in [-0.15, -0.1) is 0 Å². The summed E-state index contributed by atoms with van der Waals surface area (Å²) in [6.07, 6.45) is 4.08. The molecule has 4 aromatic heterocycles. The Bertz CT molecular complexity index is 3160. The van der Waals surface area contributed by atoms with Crippen LogP contribution in [-0.4, -0.2) is 164 Å². The Labute approximate surface area is 452 Å². The van der Waals surface area contributed by atoms with Gasteiger partial charge < -0.3 is 71.9 Å². The van der Waals surface area contributed by atoms with Crippen LogP contribution in [-0.2, 0) is 66.9 Å². The number of hydrogen-bond donors (Lipinski definition) is 2. The summed E-state index contributed by atoms with van der Waals surface area (Å²) in [6, 6.07) is 15.1. The molecule has 27 heteroatoms. The van der Waals surface area contributed by atoms with E-state index in [4.69, 9.17) is 51.5 Å². The molecule has 0 aliphatic carbocycles. The maximum Gasteiger partial charge on any atom is 0.510 e. The first kappa shape index (κ1) is 52.7. The third kappa shape index (κ3) is 10.1. The second kappa shape index (κ2) is 21.8. The number of urea groups is 2. The molecule has 0 saturated carbocycles. The summed E-state index contributed by atoms with van der Waals surface area (Å²) in [5, 5.41) is 6.58. The van der Waals surface area contributed by atoms with Gasteiger partial charge in [-0.1, -0.05) is 12.1 Å². The number of furan rings is 2. The number of ether oxygens (including phenoxy) is 9. The number of methoxy groups -OCH3 is 2. The van der Waals surface area contributed by atoms with Gasteiger partial charge in [0.2, 0.25) is 0 Å². The fourth-order valence-corrected chi connectivity index (χ4v) is 10.0. The van der Waals surface area contributed by atoms with Gasteiger partial charge in [-0.2, -0.15) is 0 Å². The lowest BCUT2D eigenvalue weighted by Crippen LogP contribution is -2.52. The molecule has 6 aliphatic heterocycles. The molecule has 10 heterocycles. The van der Waals surface area contributed by atoms with E-state index in [1.807, 2.05) is 0 Å². The largest absolute Gasteiger partial charge is 0.510 e. The van der Waals surface area contributed by atoms with Gasteiger partial charge in [-0.25, -0.2) is 29.0 Å². The van der Waals surface area contributed by atoms with Crippen molar-refractivity contribution in [3.8, 4) is 11.5 Å². The molecule has 4 saturated heterocycles. The number of fused-ring (bicyclic) bond motifs is 4. The molecule has 6 aliphatic rings. The molecule has 0 bridgehead atoms. The Morgan fingerprint density at radius 2 is 1.07 bits per heavy atom. The molecule has 6 aromatic rings. The molecular weight excluding hydrogens is 1050 g/mol. The van der Waals surface area contributed by atoms with E-state index in [2.05, 4.69) is 20.6 Å². The summed E-state index contributed by atoms with van der Waals surface area (Å²) in [5.41, 5.74) is -0.353. The number of benzene rings is 2. The van der Waals surface area contributed by atoms with Gasteiger partial charge in [0.25, 0.3) is 23.6 Å². The van der Waals surface area contributed by atoms with E-state index in [0.29, 0.717) is 70.6 Å². The number of rotatable bonds is 14. The van der Waals surface area contributed by atoms with E-state index in [-0.39, 0.29) is 75.6 Å². The molecule has 27 nitrogen and oxygen atoms in total. The number of nitrogens with one attached hydrogen (secondary N) is 2. The first-order chi connectivity index (χ1) is 38.7. The lowest BCUT2D eigenvalue weighted by molar-refractivity contribution is -0.159. The molecule has 0 spiro atoms. The van der Waals surface area contributed by atoms with Crippen molar-refractivity contribution in [2.75, 3.05) is 74.0 Å². The molecule has 80 heavy (non-hydrogen) atoms.